The average molecular weight is 195 g/mol. The van der Waals surface area contributed by atoms with E-state index in [0.717, 1.165) is 31.9 Å². The Kier molecular flexibility index (Phi) is 2.63. The van der Waals surface area contributed by atoms with Gasteiger partial charge in [0.1, 0.15) is 0 Å². The van der Waals surface area contributed by atoms with Gasteiger partial charge in [-0.2, -0.15) is 4.39 Å². The summed E-state index contributed by atoms with van der Waals surface area (Å²) in [6.07, 6.45) is 1.60. The van der Waals surface area contributed by atoms with Crippen LogP contribution in [0.1, 0.15) is 5.56 Å². The third-order valence-electron chi connectivity index (χ3n) is 2.48. The minimum atomic E-state index is -0.371. The Morgan fingerprint density at radius 3 is 2.79 bits per heavy atom. The van der Waals surface area contributed by atoms with E-state index in [2.05, 4.69) is 15.2 Å². The molecule has 2 heterocycles. The first-order valence-corrected chi connectivity index (χ1v) is 4.85. The number of rotatable bonds is 1. The Hall–Kier alpha value is -1.16. The normalized spacial score (nSPS) is 17.1. The molecule has 1 aliphatic rings. The van der Waals surface area contributed by atoms with Crippen molar-refractivity contribution < 1.29 is 4.39 Å². The van der Waals surface area contributed by atoms with Crippen molar-refractivity contribution in [2.24, 2.45) is 0 Å². The molecule has 0 spiro atoms. The summed E-state index contributed by atoms with van der Waals surface area (Å²) >= 11 is 0. The molecular formula is C10H14FN3. The Balaban J connectivity index is 2.18. The van der Waals surface area contributed by atoms with E-state index in [1.54, 1.807) is 13.1 Å². The van der Waals surface area contributed by atoms with Crippen LogP contribution < -0.4 is 10.2 Å². The van der Waals surface area contributed by atoms with Gasteiger partial charge < -0.3 is 10.2 Å². The molecule has 14 heavy (non-hydrogen) atoms. The number of aryl methyl sites for hydroxylation is 1. The maximum absolute atomic E-state index is 12.9. The van der Waals surface area contributed by atoms with Crippen LogP contribution in [0.3, 0.4) is 0 Å². The fourth-order valence-corrected chi connectivity index (χ4v) is 1.64. The quantitative estimate of drug-likeness (QED) is 0.676. The molecule has 0 bridgehead atoms. The fourth-order valence-electron chi connectivity index (χ4n) is 1.64. The minimum absolute atomic E-state index is 0.371. The molecule has 1 saturated heterocycles. The maximum Gasteiger partial charge on any atom is 0.215 e. The molecule has 0 aromatic carbocycles. The van der Waals surface area contributed by atoms with Gasteiger partial charge in [0.15, 0.2) is 0 Å². The van der Waals surface area contributed by atoms with E-state index in [9.17, 15) is 4.39 Å². The van der Waals surface area contributed by atoms with E-state index >= 15 is 0 Å². The number of piperazine rings is 1. The van der Waals surface area contributed by atoms with Crippen LogP contribution in [0.5, 0.6) is 0 Å². The fraction of sp³-hybridized carbons (Fsp3) is 0.500. The van der Waals surface area contributed by atoms with Crippen molar-refractivity contribution in [1.29, 1.82) is 0 Å². The molecule has 0 saturated carbocycles. The van der Waals surface area contributed by atoms with Crippen LogP contribution in [-0.4, -0.2) is 31.2 Å². The molecule has 4 heteroatoms. The van der Waals surface area contributed by atoms with Gasteiger partial charge in [-0.3, -0.25) is 0 Å². The summed E-state index contributed by atoms with van der Waals surface area (Å²) in [5, 5.41) is 3.27. The molecule has 0 aliphatic carbocycles. The van der Waals surface area contributed by atoms with Gasteiger partial charge >= 0.3 is 0 Å². The number of nitrogens with zero attached hydrogens (tertiary/aromatic N) is 2. The summed E-state index contributed by atoms with van der Waals surface area (Å²) in [4.78, 5) is 5.94. The summed E-state index contributed by atoms with van der Waals surface area (Å²) in [6.45, 7) is 5.64. The first-order valence-electron chi connectivity index (χ1n) is 4.85. The number of nitrogens with one attached hydrogen (secondary N) is 1. The van der Waals surface area contributed by atoms with E-state index in [1.807, 2.05) is 6.07 Å². The molecule has 0 atom stereocenters. The lowest BCUT2D eigenvalue weighted by atomic mass is 10.2. The maximum atomic E-state index is 12.9. The number of hydrogen-bond donors (Lipinski definition) is 1. The van der Waals surface area contributed by atoms with Crippen molar-refractivity contribution in [2.75, 3.05) is 31.1 Å². The number of hydrogen-bond acceptors (Lipinski definition) is 3. The van der Waals surface area contributed by atoms with Gasteiger partial charge in [0, 0.05) is 31.7 Å². The number of halogens is 1. The zero-order valence-corrected chi connectivity index (χ0v) is 8.26. The summed E-state index contributed by atoms with van der Waals surface area (Å²) in [7, 11) is 0. The summed E-state index contributed by atoms with van der Waals surface area (Å²) in [5.41, 5.74) is 1.63. The highest BCUT2D eigenvalue weighted by Gasteiger charge is 2.11. The Morgan fingerprint density at radius 1 is 1.43 bits per heavy atom. The highest BCUT2D eigenvalue weighted by Crippen LogP contribution is 2.16. The van der Waals surface area contributed by atoms with Gasteiger partial charge in [0.25, 0.3) is 0 Å². The van der Waals surface area contributed by atoms with Gasteiger partial charge in [-0.25, -0.2) is 4.98 Å². The largest absolute Gasteiger partial charge is 0.368 e. The lowest BCUT2D eigenvalue weighted by molar-refractivity contribution is 0.567. The lowest BCUT2D eigenvalue weighted by Crippen LogP contribution is -2.43. The van der Waals surface area contributed by atoms with Crippen LogP contribution in [0, 0.1) is 12.9 Å². The van der Waals surface area contributed by atoms with Crippen molar-refractivity contribution in [3.8, 4) is 0 Å². The second-order valence-corrected chi connectivity index (χ2v) is 3.54. The third kappa shape index (κ3) is 1.85. The topological polar surface area (TPSA) is 28.2 Å². The Bertz CT molecular complexity index is 321. The highest BCUT2D eigenvalue weighted by atomic mass is 19.1. The van der Waals surface area contributed by atoms with Crippen LogP contribution >= 0.6 is 0 Å². The predicted octanol–water partition coefficient (Wildman–Crippen LogP) is 0.939. The van der Waals surface area contributed by atoms with Gasteiger partial charge in [0.05, 0.1) is 11.9 Å². The smallest absolute Gasteiger partial charge is 0.215 e. The van der Waals surface area contributed by atoms with Gasteiger partial charge in [-0.05, 0) is 13.0 Å². The molecule has 2 rings (SSSR count). The highest BCUT2D eigenvalue weighted by molar-refractivity contribution is 5.46. The zero-order chi connectivity index (χ0) is 9.97. The minimum Gasteiger partial charge on any atom is -0.368 e. The zero-order valence-electron chi connectivity index (χ0n) is 8.26. The van der Waals surface area contributed by atoms with Crippen molar-refractivity contribution >= 4 is 5.69 Å². The van der Waals surface area contributed by atoms with Crippen molar-refractivity contribution in [3.63, 3.8) is 0 Å². The monoisotopic (exact) mass is 195 g/mol. The second-order valence-electron chi connectivity index (χ2n) is 3.54. The molecular weight excluding hydrogens is 181 g/mol. The molecule has 1 aliphatic heterocycles. The molecule has 1 aromatic heterocycles. The van der Waals surface area contributed by atoms with Gasteiger partial charge in [0.2, 0.25) is 5.95 Å². The molecule has 1 aromatic rings. The first-order chi connectivity index (χ1) is 6.77. The van der Waals surface area contributed by atoms with Gasteiger partial charge in [-0.1, -0.05) is 0 Å². The van der Waals surface area contributed by atoms with E-state index in [4.69, 9.17) is 0 Å². The van der Waals surface area contributed by atoms with E-state index in [1.165, 1.54) is 0 Å². The predicted molar refractivity (Wildman–Crippen MR) is 54.0 cm³/mol. The van der Waals surface area contributed by atoms with Crippen LogP contribution in [0.25, 0.3) is 0 Å². The van der Waals surface area contributed by atoms with E-state index in [-0.39, 0.29) is 5.95 Å². The molecule has 0 radical (unpaired) electrons. The van der Waals surface area contributed by atoms with Gasteiger partial charge in [-0.15, -0.1) is 0 Å². The van der Waals surface area contributed by atoms with Crippen molar-refractivity contribution in [1.82, 2.24) is 10.3 Å². The molecule has 0 amide bonds. The second kappa shape index (κ2) is 3.92. The lowest BCUT2D eigenvalue weighted by Gasteiger charge is -2.29. The molecule has 1 N–H and O–H groups in total. The van der Waals surface area contributed by atoms with Crippen LogP contribution in [0.4, 0.5) is 10.1 Å². The van der Waals surface area contributed by atoms with Crippen LogP contribution in [0.2, 0.25) is 0 Å². The molecule has 0 unspecified atom stereocenters. The molecule has 76 valence electrons. The Morgan fingerprint density at radius 2 is 2.14 bits per heavy atom. The third-order valence-corrected chi connectivity index (χ3v) is 2.48. The standard InChI is InChI=1S/C10H14FN3/c1-8-6-9(7-13-10(8)11)14-4-2-12-3-5-14/h6-7,12H,2-5H2,1H3. The number of aromatic nitrogens is 1. The first kappa shape index (κ1) is 9.40. The Labute approximate surface area is 82.9 Å². The number of pyridine rings is 1. The van der Waals surface area contributed by atoms with Crippen molar-refractivity contribution in [3.05, 3.63) is 23.8 Å². The number of anilines is 1. The SMILES string of the molecule is Cc1cc(N2CCNCC2)cnc1F. The summed E-state index contributed by atoms with van der Waals surface area (Å²) in [5.74, 6) is -0.371. The summed E-state index contributed by atoms with van der Waals surface area (Å²) in [6, 6.07) is 1.85. The van der Waals surface area contributed by atoms with E-state index < -0.39 is 0 Å². The molecule has 3 nitrogen and oxygen atoms in total. The van der Waals surface area contributed by atoms with Crippen LogP contribution in [-0.2, 0) is 0 Å². The van der Waals surface area contributed by atoms with E-state index in [0.29, 0.717) is 5.56 Å². The summed E-state index contributed by atoms with van der Waals surface area (Å²) < 4.78 is 12.9. The van der Waals surface area contributed by atoms with Crippen molar-refractivity contribution in [2.45, 2.75) is 6.92 Å². The average Bonchev–Trinajstić information content (AvgIpc) is 2.23. The molecule has 1 fully saturated rings. The van der Waals surface area contributed by atoms with Crippen LogP contribution in [0.15, 0.2) is 12.3 Å².